The van der Waals surface area contributed by atoms with Crippen LogP contribution < -0.4 is 0 Å². The molecule has 2 heteroatoms. The molecular formula is C10H12BN. The average Bonchev–Trinajstić information content (AvgIpc) is 2.27. The Morgan fingerprint density at radius 1 is 1.50 bits per heavy atom. The Balaban J connectivity index is 3.06. The molecule has 0 bridgehead atoms. The summed E-state index contributed by atoms with van der Waals surface area (Å²) in [5.74, 6) is 0. The summed E-state index contributed by atoms with van der Waals surface area (Å²) in [4.78, 5) is 1.60. The summed E-state index contributed by atoms with van der Waals surface area (Å²) in [6.45, 7) is 3.73. The van der Waals surface area contributed by atoms with Gasteiger partial charge in [-0.05, 0) is 25.1 Å². The van der Waals surface area contributed by atoms with Gasteiger partial charge in [-0.25, -0.2) is 0 Å². The highest BCUT2D eigenvalue weighted by atomic mass is 15.0. The molecule has 0 spiro atoms. The first kappa shape index (κ1) is 8.92. The van der Waals surface area contributed by atoms with Crippen LogP contribution in [-0.2, 0) is 0 Å². The molecule has 0 fully saturated rings. The summed E-state index contributed by atoms with van der Waals surface area (Å²) in [5.41, 5.74) is 2.06. The molecule has 0 saturated carbocycles. The van der Waals surface area contributed by atoms with E-state index in [-0.39, 0.29) is 0 Å². The summed E-state index contributed by atoms with van der Waals surface area (Å²) < 4.78 is 0. The van der Waals surface area contributed by atoms with Crippen molar-refractivity contribution in [1.82, 2.24) is 4.81 Å². The molecule has 0 saturated heterocycles. The number of allylic oxidation sites excluding steroid dienone is 6. The highest BCUT2D eigenvalue weighted by molar-refractivity contribution is 6.05. The summed E-state index contributed by atoms with van der Waals surface area (Å²) in [7, 11) is 7.47. The summed E-state index contributed by atoms with van der Waals surface area (Å²) in [6.07, 6.45) is 11.0. The van der Waals surface area contributed by atoms with Crippen molar-refractivity contribution in [2.45, 2.75) is 6.42 Å². The maximum atomic E-state index is 5.65. The van der Waals surface area contributed by atoms with E-state index in [0.29, 0.717) is 0 Å². The van der Waals surface area contributed by atoms with Crippen LogP contribution in [0.5, 0.6) is 0 Å². The first-order valence-electron chi connectivity index (χ1n) is 3.94. The number of hydrogen-bond donors (Lipinski definition) is 0. The first-order valence-corrected chi connectivity index (χ1v) is 3.94. The summed E-state index contributed by atoms with van der Waals surface area (Å²) in [6, 6.07) is 0. The molecule has 1 rings (SSSR count). The minimum absolute atomic E-state index is 0.953. The van der Waals surface area contributed by atoms with Gasteiger partial charge in [0.2, 0.25) is 7.98 Å². The normalized spacial score (nSPS) is 16.1. The lowest BCUT2D eigenvalue weighted by atomic mass is 10.1. The number of nitrogens with zero attached hydrogens (tertiary/aromatic N) is 1. The molecule has 1 nitrogen and oxygen atoms in total. The van der Waals surface area contributed by atoms with Gasteiger partial charge in [-0.3, -0.25) is 0 Å². The Bertz CT molecular complexity index is 259. The fourth-order valence-corrected chi connectivity index (χ4v) is 1.13. The predicted molar refractivity (Wildman–Crippen MR) is 53.6 cm³/mol. The van der Waals surface area contributed by atoms with E-state index in [2.05, 4.69) is 18.7 Å². The summed E-state index contributed by atoms with van der Waals surface area (Å²) >= 11 is 0. The topological polar surface area (TPSA) is 3.24 Å². The van der Waals surface area contributed by atoms with Gasteiger partial charge in [0.25, 0.3) is 0 Å². The van der Waals surface area contributed by atoms with Crippen molar-refractivity contribution in [3.05, 3.63) is 48.2 Å². The Morgan fingerprint density at radius 3 is 2.75 bits per heavy atom. The van der Waals surface area contributed by atoms with Gasteiger partial charge >= 0.3 is 0 Å². The van der Waals surface area contributed by atoms with Gasteiger partial charge < -0.3 is 4.81 Å². The predicted octanol–water partition coefficient (Wildman–Crippen LogP) is 1.96. The van der Waals surface area contributed by atoms with Crippen molar-refractivity contribution in [3.63, 3.8) is 0 Å². The number of rotatable bonds is 2. The zero-order valence-electron chi connectivity index (χ0n) is 7.33. The van der Waals surface area contributed by atoms with Crippen molar-refractivity contribution >= 4 is 7.98 Å². The van der Waals surface area contributed by atoms with E-state index in [0.717, 1.165) is 17.7 Å². The molecule has 0 N–H and O–H groups in total. The summed E-state index contributed by atoms with van der Waals surface area (Å²) in [5, 5.41) is 0. The van der Waals surface area contributed by atoms with Gasteiger partial charge in [0.15, 0.2) is 0 Å². The van der Waals surface area contributed by atoms with Crippen LogP contribution in [-0.4, -0.2) is 19.8 Å². The van der Waals surface area contributed by atoms with Crippen molar-refractivity contribution in [2.24, 2.45) is 0 Å². The van der Waals surface area contributed by atoms with Crippen LogP contribution >= 0.6 is 0 Å². The van der Waals surface area contributed by atoms with Crippen molar-refractivity contribution < 1.29 is 0 Å². The van der Waals surface area contributed by atoms with Crippen LogP contribution in [0.25, 0.3) is 0 Å². The average molecular weight is 157 g/mol. The molecule has 12 heavy (non-hydrogen) atoms. The van der Waals surface area contributed by atoms with Crippen molar-refractivity contribution in [1.29, 1.82) is 0 Å². The second-order valence-electron chi connectivity index (χ2n) is 2.70. The second kappa shape index (κ2) is 4.00. The van der Waals surface area contributed by atoms with E-state index >= 15 is 0 Å². The van der Waals surface area contributed by atoms with Crippen molar-refractivity contribution in [3.8, 4) is 0 Å². The molecule has 0 amide bonds. The SMILES string of the molecule is [B]N(C)C1=C(C=C)C=CCC=C1. The van der Waals surface area contributed by atoms with Gasteiger partial charge in [0.05, 0.1) is 0 Å². The molecule has 0 aliphatic heterocycles. The Morgan fingerprint density at radius 2 is 2.17 bits per heavy atom. The molecule has 0 unspecified atom stereocenters. The first-order chi connectivity index (χ1) is 5.75. The lowest BCUT2D eigenvalue weighted by Gasteiger charge is -2.16. The van der Waals surface area contributed by atoms with Crippen LogP contribution in [0.2, 0.25) is 0 Å². The molecule has 0 heterocycles. The lowest BCUT2D eigenvalue weighted by Crippen LogP contribution is -2.12. The number of hydrogen-bond acceptors (Lipinski definition) is 1. The lowest BCUT2D eigenvalue weighted by molar-refractivity contribution is 0.699. The van der Waals surface area contributed by atoms with Gasteiger partial charge in [-0.2, -0.15) is 0 Å². The molecule has 0 aromatic rings. The van der Waals surface area contributed by atoms with E-state index in [1.165, 1.54) is 0 Å². The molecule has 0 aromatic carbocycles. The zero-order valence-corrected chi connectivity index (χ0v) is 7.33. The van der Waals surface area contributed by atoms with Gasteiger partial charge in [-0.1, -0.05) is 30.9 Å². The van der Waals surface area contributed by atoms with E-state index in [1.807, 2.05) is 25.3 Å². The van der Waals surface area contributed by atoms with Crippen LogP contribution in [0.4, 0.5) is 0 Å². The molecule has 1 aliphatic rings. The van der Waals surface area contributed by atoms with E-state index in [4.69, 9.17) is 7.98 Å². The highest BCUT2D eigenvalue weighted by Gasteiger charge is 2.01. The molecular weight excluding hydrogens is 145 g/mol. The number of likely N-dealkylation sites (N-methyl/N-ethyl adjacent to an activating group) is 1. The molecule has 2 radical (unpaired) electrons. The molecule has 60 valence electrons. The van der Waals surface area contributed by atoms with E-state index in [9.17, 15) is 0 Å². The smallest absolute Gasteiger partial charge is 0.226 e. The van der Waals surface area contributed by atoms with Gasteiger partial charge in [0, 0.05) is 5.70 Å². The van der Waals surface area contributed by atoms with Crippen LogP contribution in [0.3, 0.4) is 0 Å². The van der Waals surface area contributed by atoms with Crippen LogP contribution in [0, 0.1) is 0 Å². The molecule has 0 aromatic heterocycles. The molecule has 1 aliphatic carbocycles. The monoisotopic (exact) mass is 157 g/mol. The van der Waals surface area contributed by atoms with Gasteiger partial charge in [0.1, 0.15) is 0 Å². The fraction of sp³-hybridized carbons (Fsp3) is 0.200. The Hall–Kier alpha value is -1.18. The third-order valence-corrected chi connectivity index (χ3v) is 1.74. The van der Waals surface area contributed by atoms with E-state index < -0.39 is 0 Å². The van der Waals surface area contributed by atoms with Crippen molar-refractivity contribution in [2.75, 3.05) is 7.05 Å². The van der Waals surface area contributed by atoms with Gasteiger partial charge in [-0.15, -0.1) is 0 Å². The maximum absolute atomic E-state index is 5.65. The Kier molecular flexibility index (Phi) is 2.97. The standard InChI is InChI=1S/C10H12BN/c1-3-9-7-5-4-6-8-10(9)12(2)11/h3,5-8H,1,4H2,2H3. The third-order valence-electron chi connectivity index (χ3n) is 1.74. The van der Waals surface area contributed by atoms with Crippen LogP contribution in [0.15, 0.2) is 48.2 Å². The minimum Gasteiger partial charge on any atom is -0.427 e. The molecule has 0 atom stereocenters. The quantitative estimate of drug-likeness (QED) is 0.553. The minimum atomic E-state index is 0.953. The Labute approximate surface area is 75.2 Å². The highest BCUT2D eigenvalue weighted by Crippen LogP contribution is 2.14. The maximum Gasteiger partial charge on any atom is 0.226 e. The zero-order chi connectivity index (χ0) is 8.97. The van der Waals surface area contributed by atoms with Crippen LogP contribution in [0.1, 0.15) is 6.42 Å². The third kappa shape index (κ3) is 1.91. The second-order valence-corrected chi connectivity index (χ2v) is 2.70. The fourth-order valence-electron chi connectivity index (χ4n) is 1.13. The largest absolute Gasteiger partial charge is 0.427 e. The van der Waals surface area contributed by atoms with E-state index in [1.54, 1.807) is 4.81 Å².